The van der Waals surface area contributed by atoms with Crippen molar-refractivity contribution in [1.82, 2.24) is 4.90 Å². The molecule has 5 heteroatoms. The lowest BCUT2D eigenvalue weighted by molar-refractivity contribution is 0.0701. The van der Waals surface area contributed by atoms with E-state index in [0.29, 0.717) is 30.3 Å². The van der Waals surface area contributed by atoms with E-state index < -0.39 is 0 Å². The lowest BCUT2D eigenvalue weighted by atomic mass is 10.2. The van der Waals surface area contributed by atoms with Crippen LogP contribution in [-0.2, 0) is 4.74 Å². The zero-order valence-electron chi connectivity index (χ0n) is 10.4. The standard InChI is InChI=1S/C13H18ClNO3/c1-18-9-3-6-15(7-8-16)13(17)11-4-2-5-12(14)10-11/h2,4-5,10,16H,3,6-9H2,1H3. The largest absolute Gasteiger partial charge is 0.395 e. The third-order valence-electron chi connectivity index (χ3n) is 2.51. The van der Waals surface area contributed by atoms with Gasteiger partial charge in [0.05, 0.1) is 6.61 Å². The van der Waals surface area contributed by atoms with Gasteiger partial charge in [0.2, 0.25) is 0 Å². The zero-order valence-corrected chi connectivity index (χ0v) is 11.2. The van der Waals surface area contributed by atoms with E-state index in [1.54, 1.807) is 36.3 Å². The van der Waals surface area contributed by atoms with Gasteiger partial charge in [-0.1, -0.05) is 17.7 Å². The van der Waals surface area contributed by atoms with Crippen LogP contribution in [0.25, 0.3) is 0 Å². The molecule has 0 radical (unpaired) electrons. The SMILES string of the molecule is COCCCN(CCO)C(=O)c1cccc(Cl)c1. The molecule has 1 amide bonds. The van der Waals surface area contributed by atoms with Crippen molar-refractivity contribution in [3.63, 3.8) is 0 Å². The number of hydrogen-bond donors (Lipinski definition) is 1. The van der Waals surface area contributed by atoms with Crippen molar-refractivity contribution in [3.8, 4) is 0 Å². The Bertz CT molecular complexity index is 384. The molecule has 1 aromatic rings. The second-order valence-corrected chi connectivity index (χ2v) is 4.31. The van der Waals surface area contributed by atoms with Crippen molar-refractivity contribution in [2.24, 2.45) is 0 Å². The molecule has 100 valence electrons. The minimum absolute atomic E-state index is 0.0563. The van der Waals surface area contributed by atoms with Crippen LogP contribution in [0.5, 0.6) is 0 Å². The van der Waals surface area contributed by atoms with Crippen LogP contribution in [-0.4, -0.2) is 49.3 Å². The highest BCUT2D eigenvalue weighted by atomic mass is 35.5. The van der Waals surface area contributed by atoms with Gasteiger partial charge in [0.15, 0.2) is 0 Å². The Morgan fingerprint density at radius 1 is 1.44 bits per heavy atom. The van der Waals surface area contributed by atoms with Gasteiger partial charge in [-0.3, -0.25) is 4.79 Å². The van der Waals surface area contributed by atoms with E-state index >= 15 is 0 Å². The summed E-state index contributed by atoms with van der Waals surface area (Å²) < 4.78 is 4.95. The molecule has 0 fully saturated rings. The van der Waals surface area contributed by atoms with Crippen LogP contribution < -0.4 is 0 Å². The fraction of sp³-hybridized carbons (Fsp3) is 0.462. The van der Waals surface area contributed by atoms with Gasteiger partial charge in [-0.2, -0.15) is 0 Å². The summed E-state index contributed by atoms with van der Waals surface area (Å²) in [6, 6.07) is 6.81. The van der Waals surface area contributed by atoms with E-state index in [1.807, 2.05) is 0 Å². The minimum Gasteiger partial charge on any atom is -0.395 e. The summed E-state index contributed by atoms with van der Waals surface area (Å²) in [5, 5.41) is 9.52. The summed E-state index contributed by atoms with van der Waals surface area (Å²) in [6.45, 7) is 1.40. The monoisotopic (exact) mass is 271 g/mol. The quantitative estimate of drug-likeness (QED) is 0.770. The number of benzene rings is 1. The van der Waals surface area contributed by atoms with Crippen LogP contribution in [0.4, 0.5) is 0 Å². The summed E-state index contributed by atoms with van der Waals surface area (Å²) in [7, 11) is 1.62. The van der Waals surface area contributed by atoms with E-state index in [9.17, 15) is 4.79 Å². The molecule has 0 heterocycles. The summed E-state index contributed by atoms with van der Waals surface area (Å²) in [5.74, 6) is -0.123. The number of nitrogens with zero attached hydrogens (tertiary/aromatic N) is 1. The molecule has 0 aliphatic heterocycles. The number of amides is 1. The molecular weight excluding hydrogens is 254 g/mol. The number of ether oxygens (including phenoxy) is 1. The Labute approximate surface area is 112 Å². The second-order valence-electron chi connectivity index (χ2n) is 3.87. The van der Waals surface area contributed by atoms with Crippen molar-refractivity contribution in [3.05, 3.63) is 34.9 Å². The highest BCUT2D eigenvalue weighted by Crippen LogP contribution is 2.13. The van der Waals surface area contributed by atoms with Crippen molar-refractivity contribution in [2.45, 2.75) is 6.42 Å². The number of rotatable bonds is 7. The Hall–Kier alpha value is -1.10. The van der Waals surface area contributed by atoms with Gasteiger partial charge in [0, 0.05) is 37.4 Å². The first-order valence-electron chi connectivity index (χ1n) is 5.83. The molecular formula is C13H18ClNO3. The van der Waals surface area contributed by atoms with Gasteiger partial charge < -0.3 is 14.7 Å². The van der Waals surface area contributed by atoms with Crippen LogP contribution in [0.3, 0.4) is 0 Å². The molecule has 0 saturated carbocycles. The molecule has 0 bridgehead atoms. The first kappa shape index (κ1) is 15.0. The van der Waals surface area contributed by atoms with Crippen LogP contribution in [0, 0.1) is 0 Å². The van der Waals surface area contributed by atoms with Crippen molar-refractivity contribution in [1.29, 1.82) is 0 Å². The average Bonchev–Trinajstić information content (AvgIpc) is 2.37. The normalized spacial score (nSPS) is 10.4. The third kappa shape index (κ3) is 4.64. The van der Waals surface area contributed by atoms with Crippen molar-refractivity contribution >= 4 is 17.5 Å². The van der Waals surface area contributed by atoms with E-state index in [-0.39, 0.29) is 12.5 Å². The van der Waals surface area contributed by atoms with E-state index in [1.165, 1.54) is 0 Å². The van der Waals surface area contributed by atoms with Gasteiger partial charge in [-0.05, 0) is 24.6 Å². The molecule has 1 rings (SSSR count). The summed E-state index contributed by atoms with van der Waals surface area (Å²) >= 11 is 5.86. The van der Waals surface area contributed by atoms with Crippen LogP contribution in [0.1, 0.15) is 16.8 Å². The van der Waals surface area contributed by atoms with E-state index in [2.05, 4.69) is 0 Å². The summed E-state index contributed by atoms with van der Waals surface area (Å²) in [5.41, 5.74) is 0.536. The second kappa shape index (κ2) is 8.08. The Balaban J connectivity index is 2.69. The number of hydrogen-bond acceptors (Lipinski definition) is 3. The van der Waals surface area contributed by atoms with E-state index in [0.717, 1.165) is 6.42 Å². The maximum Gasteiger partial charge on any atom is 0.253 e. The number of methoxy groups -OCH3 is 1. The first-order valence-corrected chi connectivity index (χ1v) is 6.21. The van der Waals surface area contributed by atoms with E-state index in [4.69, 9.17) is 21.4 Å². The number of carbonyl (C=O) groups excluding carboxylic acids is 1. The minimum atomic E-state index is -0.123. The molecule has 4 nitrogen and oxygen atoms in total. The average molecular weight is 272 g/mol. The van der Waals surface area contributed by atoms with Crippen LogP contribution in [0.2, 0.25) is 5.02 Å². The molecule has 1 aromatic carbocycles. The number of carbonyl (C=O) groups is 1. The molecule has 0 aromatic heterocycles. The number of halogens is 1. The molecule has 18 heavy (non-hydrogen) atoms. The molecule has 1 N–H and O–H groups in total. The van der Waals surface area contributed by atoms with Gasteiger partial charge >= 0.3 is 0 Å². The molecule has 0 saturated heterocycles. The summed E-state index contributed by atoms with van der Waals surface area (Å²) in [6.07, 6.45) is 0.739. The fourth-order valence-electron chi connectivity index (χ4n) is 1.64. The number of aliphatic hydroxyl groups excluding tert-OH is 1. The highest BCUT2D eigenvalue weighted by molar-refractivity contribution is 6.30. The van der Waals surface area contributed by atoms with Crippen molar-refractivity contribution < 1.29 is 14.6 Å². The lowest BCUT2D eigenvalue weighted by Gasteiger charge is -2.21. The zero-order chi connectivity index (χ0) is 13.4. The Kier molecular flexibility index (Phi) is 6.72. The fourth-order valence-corrected chi connectivity index (χ4v) is 1.83. The molecule has 0 atom stereocenters. The van der Waals surface area contributed by atoms with Gasteiger partial charge in [0.1, 0.15) is 0 Å². The first-order chi connectivity index (χ1) is 8.69. The van der Waals surface area contributed by atoms with Crippen LogP contribution >= 0.6 is 11.6 Å². The van der Waals surface area contributed by atoms with Crippen molar-refractivity contribution in [2.75, 3.05) is 33.4 Å². The predicted octanol–water partition coefficient (Wildman–Crippen LogP) is 1.81. The van der Waals surface area contributed by atoms with Gasteiger partial charge in [-0.25, -0.2) is 0 Å². The molecule has 0 unspecified atom stereocenters. The molecule has 0 spiro atoms. The maximum absolute atomic E-state index is 12.2. The number of aliphatic hydroxyl groups is 1. The van der Waals surface area contributed by atoms with Crippen LogP contribution in [0.15, 0.2) is 24.3 Å². The van der Waals surface area contributed by atoms with Gasteiger partial charge in [0.25, 0.3) is 5.91 Å². The van der Waals surface area contributed by atoms with Gasteiger partial charge in [-0.15, -0.1) is 0 Å². The lowest BCUT2D eigenvalue weighted by Crippen LogP contribution is -2.34. The highest BCUT2D eigenvalue weighted by Gasteiger charge is 2.14. The smallest absolute Gasteiger partial charge is 0.253 e. The maximum atomic E-state index is 12.2. The molecule has 0 aliphatic rings. The summed E-state index contributed by atoms with van der Waals surface area (Å²) in [4.78, 5) is 13.8. The third-order valence-corrected chi connectivity index (χ3v) is 2.74. The Morgan fingerprint density at radius 3 is 2.83 bits per heavy atom. The Morgan fingerprint density at radius 2 is 2.22 bits per heavy atom. The molecule has 0 aliphatic carbocycles. The predicted molar refractivity (Wildman–Crippen MR) is 70.9 cm³/mol. The topological polar surface area (TPSA) is 49.8 Å².